The zero-order valence-electron chi connectivity index (χ0n) is 13.7. The molecule has 3 rings (SSSR count). The van der Waals surface area contributed by atoms with Crippen molar-refractivity contribution in [1.82, 2.24) is 19.6 Å². The highest BCUT2D eigenvalue weighted by Gasteiger charge is 2.24. The molecular formula is C17H21ClN4O2. The lowest BCUT2D eigenvalue weighted by atomic mass is 10.2. The molecule has 0 unspecified atom stereocenters. The Labute approximate surface area is 146 Å². The Kier molecular flexibility index (Phi) is 5.18. The maximum atomic E-state index is 12.8. The van der Waals surface area contributed by atoms with E-state index in [0.717, 1.165) is 18.8 Å². The number of aliphatic hydroxyl groups excluding tert-OH is 1. The van der Waals surface area contributed by atoms with Gasteiger partial charge in [0.15, 0.2) is 0 Å². The van der Waals surface area contributed by atoms with Gasteiger partial charge in [0.25, 0.3) is 5.91 Å². The van der Waals surface area contributed by atoms with Crippen LogP contribution in [0.15, 0.2) is 30.5 Å². The first-order chi connectivity index (χ1) is 11.6. The Morgan fingerprint density at radius 2 is 1.88 bits per heavy atom. The summed E-state index contributed by atoms with van der Waals surface area (Å²) in [5, 5.41) is 14.1. The average Bonchev–Trinajstić information content (AvgIpc) is 2.98. The average molecular weight is 349 g/mol. The van der Waals surface area contributed by atoms with Crippen LogP contribution in [0.2, 0.25) is 5.02 Å². The van der Waals surface area contributed by atoms with E-state index in [0.29, 0.717) is 35.9 Å². The van der Waals surface area contributed by atoms with Crippen molar-refractivity contribution in [1.29, 1.82) is 0 Å². The molecule has 1 fully saturated rings. The number of nitrogens with zero attached hydrogens (tertiary/aromatic N) is 4. The molecule has 2 heterocycles. The molecule has 24 heavy (non-hydrogen) atoms. The van der Waals surface area contributed by atoms with Crippen LogP contribution in [0.25, 0.3) is 5.69 Å². The standard InChI is InChI=1S/C17H21ClN4O2/c1-13-16(12-22(19-13)15-4-2-14(18)3-5-15)17(24)21-8-6-20(7-9-21)10-11-23/h2-5,12,23H,6-11H2,1H3. The maximum Gasteiger partial charge on any atom is 0.257 e. The molecule has 6 nitrogen and oxygen atoms in total. The van der Waals surface area contributed by atoms with Crippen molar-refractivity contribution in [3.05, 3.63) is 46.7 Å². The molecule has 1 aromatic heterocycles. The summed E-state index contributed by atoms with van der Waals surface area (Å²) in [5.41, 5.74) is 2.21. The quantitative estimate of drug-likeness (QED) is 0.911. The molecule has 128 valence electrons. The molecule has 1 aromatic carbocycles. The number of rotatable bonds is 4. The Morgan fingerprint density at radius 1 is 1.21 bits per heavy atom. The highest BCUT2D eigenvalue weighted by molar-refractivity contribution is 6.30. The van der Waals surface area contributed by atoms with Gasteiger partial charge >= 0.3 is 0 Å². The van der Waals surface area contributed by atoms with E-state index in [1.165, 1.54) is 0 Å². The number of aliphatic hydroxyl groups is 1. The van der Waals surface area contributed by atoms with Gasteiger partial charge in [0.2, 0.25) is 0 Å². The zero-order chi connectivity index (χ0) is 17.1. The van der Waals surface area contributed by atoms with E-state index in [1.54, 1.807) is 23.0 Å². The highest BCUT2D eigenvalue weighted by Crippen LogP contribution is 2.17. The molecule has 0 saturated carbocycles. The van der Waals surface area contributed by atoms with E-state index in [9.17, 15) is 4.79 Å². The number of benzene rings is 1. The van der Waals surface area contributed by atoms with E-state index in [2.05, 4.69) is 10.00 Å². The highest BCUT2D eigenvalue weighted by atomic mass is 35.5. The number of aryl methyl sites for hydroxylation is 1. The number of aromatic nitrogens is 2. The SMILES string of the molecule is Cc1nn(-c2ccc(Cl)cc2)cc1C(=O)N1CCN(CCO)CC1. The lowest BCUT2D eigenvalue weighted by molar-refractivity contribution is 0.0614. The van der Waals surface area contributed by atoms with E-state index in [4.69, 9.17) is 16.7 Å². The smallest absolute Gasteiger partial charge is 0.257 e. The summed E-state index contributed by atoms with van der Waals surface area (Å²) in [5.74, 6) is 0.0105. The van der Waals surface area contributed by atoms with Gasteiger partial charge in [-0.3, -0.25) is 9.69 Å². The molecule has 2 aromatic rings. The second kappa shape index (κ2) is 7.34. The van der Waals surface area contributed by atoms with Crippen LogP contribution in [-0.2, 0) is 0 Å². The fourth-order valence-corrected chi connectivity index (χ4v) is 3.01. The van der Waals surface area contributed by atoms with Crippen molar-refractivity contribution in [2.45, 2.75) is 6.92 Å². The largest absolute Gasteiger partial charge is 0.395 e. The van der Waals surface area contributed by atoms with E-state index >= 15 is 0 Å². The first-order valence-corrected chi connectivity index (χ1v) is 8.41. The predicted octanol–water partition coefficient (Wildman–Crippen LogP) is 1.58. The fourth-order valence-electron chi connectivity index (χ4n) is 2.88. The number of hydrogen-bond acceptors (Lipinski definition) is 4. The van der Waals surface area contributed by atoms with Crippen LogP contribution in [-0.4, -0.2) is 69.9 Å². The number of carbonyl (C=O) groups excluding carboxylic acids is 1. The summed E-state index contributed by atoms with van der Waals surface area (Å²) in [7, 11) is 0. The Morgan fingerprint density at radius 3 is 2.50 bits per heavy atom. The van der Waals surface area contributed by atoms with Gasteiger partial charge < -0.3 is 10.0 Å². The van der Waals surface area contributed by atoms with Crippen LogP contribution in [0.5, 0.6) is 0 Å². The summed E-state index contributed by atoms with van der Waals surface area (Å²) in [6, 6.07) is 7.35. The third-order valence-corrected chi connectivity index (χ3v) is 4.55. The molecule has 1 saturated heterocycles. The van der Waals surface area contributed by atoms with Gasteiger partial charge in [-0.1, -0.05) is 11.6 Å². The molecule has 0 bridgehead atoms. The third-order valence-electron chi connectivity index (χ3n) is 4.30. The molecule has 0 radical (unpaired) electrons. The molecule has 1 aliphatic rings. The van der Waals surface area contributed by atoms with Gasteiger partial charge in [-0.05, 0) is 31.2 Å². The van der Waals surface area contributed by atoms with E-state index in [-0.39, 0.29) is 12.5 Å². The second-order valence-electron chi connectivity index (χ2n) is 5.91. The zero-order valence-corrected chi connectivity index (χ0v) is 14.4. The summed E-state index contributed by atoms with van der Waals surface area (Å²) in [6.45, 7) is 5.58. The summed E-state index contributed by atoms with van der Waals surface area (Å²) in [6.07, 6.45) is 1.78. The molecule has 1 N–H and O–H groups in total. The van der Waals surface area contributed by atoms with Crippen molar-refractivity contribution >= 4 is 17.5 Å². The van der Waals surface area contributed by atoms with Crippen molar-refractivity contribution in [2.24, 2.45) is 0 Å². The molecule has 1 amide bonds. The van der Waals surface area contributed by atoms with E-state index in [1.807, 2.05) is 24.0 Å². The van der Waals surface area contributed by atoms with Gasteiger partial charge in [-0.25, -0.2) is 4.68 Å². The lowest BCUT2D eigenvalue weighted by Crippen LogP contribution is -2.49. The van der Waals surface area contributed by atoms with Crippen molar-refractivity contribution in [3.63, 3.8) is 0 Å². The number of halogens is 1. The first-order valence-electron chi connectivity index (χ1n) is 8.03. The maximum absolute atomic E-state index is 12.8. The Hall–Kier alpha value is -1.89. The summed E-state index contributed by atoms with van der Waals surface area (Å²) in [4.78, 5) is 16.8. The van der Waals surface area contributed by atoms with Gasteiger partial charge in [-0.15, -0.1) is 0 Å². The van der Waals surface area contributed by atoms with Gasteiger partial charge in [0, 0.05) is 43.9 Å². The van der Waals surface area contributed by atoms with Crippen molar-refractivity contribution in [3.8, 4) is 5.69 Å². The van der Waals surface area contributed by atoms with Crippen molar-refractivity contribution < 1.29 is 9.90 Å². The Balaban J connectivity index is 1.73. The number of β-amino-alcohol motifs (C(OH)–C–C–N with tert-alkyl or cyclic N) is 1. The number of piperazine rings is 1. The molecule has 1 aliphatic heterocycles. The van der Waals surface area contributed by atoms with Gasteiger partial charge in [0.1, 0.15) is 0 Å². The minimum atomic E-state index is 0.0105. The normalized spacial score (nSPS) is 15.7. The monoisotopic (exact) mass is 348 g/mol. The second-order valence-corrected chi connectivity index (χ2v) is 6.34. The minimum absolute atomic E-state index is 0.0105. The number of hydrogen-bond donors (Lipinski definition) is 1. The summed E-state index contributed by atoms with van der Waals surface area (Å²) >= 11 is 5.91. The molecule has 0 atom stereocenters. The summed E-state index contributed by atoms with van der Waals surface area (Å²) < 4.78 is 1.71. The lowest BCUT2D eigenvalue weighted by Gasteiger charge is -2.34. The molecule has 0 spiro atoms. The third kappa shape index (κ3) is 3.61. The molecule has 7 heteroatoms. The van der Waals surface area contributed by atoms with Crippen LogP contribution in [0, 0.1) is 6.92 Å². The number of carbonyl (C=O) groups is 1. The predicted molar refractivity (Wildman–Crippen MR) is 92.7 cm³/mol. The van der Waals surface area contributed by atoms with Crippen LogP contribution in [0.3, 0.4) is 0 Å². The topological polar surface area (TPSA) is 61.6 Å². The van der Waals surface area contributed by atoms with Crippen LogP contribution < -0.4 is 0 Å². The Bertz CT molecular complexity index is 706. The van der Waals surface area contributed by atoms with Crippen molar-refractivity contribution in [2.75, 3.05) is 39.3 Å². The minimum Gasteiger partial charge on any atom is -0.395 e. The molecule has 0 aliphatic carbocycles. The van der Waals surface area contributed by atoms with Crippen LogP contribution in [0.4, 0.5) is 0 Å². The van der Waals surface area contributed by atoms with Crippen LogP contribution in [0.1, 0.15) is 16.1 Å². The molecular weight excluding hydrogens is 328 g/mol. The fraction of sp³-hybridized carbons (Fsp3) is 0.412. The van der Waals surface area contributed by atoms with Crippen LogP contribution >= 0.6 is 11.6 Å². The van der Waals surface area contributed by atoms with E-state index < -0.39 is 0 Å². The number of amides is 1. The van der Waals surface area contributed by atoms with Gasteiger partial charge in [-0.2, -0.15) is 5.10 Å². The van der Waals surface area contributed by atoms with Gasteiger partial charge in [0.05, 0.1) is 23.6 Å². The first kappa shape index (κ1) is 17.0.